The zero-order valence-electron chi connectivity index (χ0n) is 11.3. The molecule has 1 aromatic carbocycles. The molecule has 1 aromatic rings. The van der Waals surface area contributed by atoms with Crippen molar-refractivity contribution in [2.24, 2.45) is 0 Å². The van der Waals surface area contributed by atoms with Gasteiger partial charge in [-0.3, -0.25) is 5.32 Å². The van der Waals surface area contributed by atoms with Crippen molar-refractivity contribution in [3.05, 3.63) is 42.0 Å². The number of ether oxygens (including phenoxy) is 2. The molecule has 0 aliphatic rings. The lowest BCUT2D eigenvalue weighted by molar-refractivity contribution is -0.148. The Balaban J connectivity index is 2.76. The fourth-order valence-corrected chi connectivity index (χ4v) is 1.70. The Bertz CT molecular complexity index is 516. The van der Waals surface area contributed by atoms with Crippen molar-refractivity contribution in [3.8, 4) is 0 Å². The standard InChI is InChI=1S/C14H16ClNO4/c1-9(2)12(13(17)19-3)20-14(18)16-11-7-5-4-6-10(11)8-15/h4-7,12H,1,8H2,2-3H3,(H,16,18). The van der Waals surface area contributed by atoms with Crippen LogP contribution in [-0.4, -0.2) is 25.3 Å². The van der Waals surface area contributed by atoms with Gasteiger partial charge >= 0.3 is 12.1 Å². The summed E-state index contributed by atoms with van der Waals surface area (Å²) in [5.41, 5.74) is 1.64. The molecule has 5 nitrogen and oxygen atoms in total. The summed E-state index contributed by atoms with van der Waals surface area (Å²) >= 11 is 5.76. The number of nitrogens with one attached hydrogen (secondary N) is 1. The maximum absolute atomic E-state index is 11.8. The predicted octanol–water partition coefficient (Wildman–Crippen LogP) is 3.09. The molecule has 1 N–H and O–H groups in total. The quantitative estimate of drug-likeness (QED) is 0.515. The van der Waals surface area contributed by atoms with Crippen LogP contribution >= 0.6 is 11.6 Å². The van der Waals surface area contributed by atoms with Gasteiger partial charge in [-0.1, -0.05) is 24.8 Å². The second kappa shape index (κ2) is 7.55. The second-order valence-corrected chi connectivity index (χ2v) is 4.34. The summed E-state index contributed by atoms with van der Waals surface area (Å²) in [4.78, 5) is 23.2. The van der Waals surface area contributed by atoms with Gasteiger partial charge in [0.1, 0.15) is 0 Å². The molecule has 1 atom stereocenters. The zero-order chi connectivity index (χ0) is 15.1. The third-order valence-corrected chi connectivity index (χ3v) is 2.77. The molecular weight excluding hydrogens is 282 g/mol. The second-order valence-electron chi connectivity index (χ2n) is 4.07. The number of hydrogen-bond donors (Lipinski definition) is 1. The highest BCUT2D eigenvalue weighted by molar-refractivity contribution is 6.17. The molecule has 1 amide bonds. The van der Waals surface area contributed by atoms with E-state index >= 15 is 0 Å². The lowest BCUT2D eigenvalue weighted by atomic mass is 10.2. The Hall–Kier alpha value is -2.01. The molecule has 0 fully saturated rings. The van der Waals surface area contributed by atoms with Crippen molar-refractivity contribution in [1.82, 2.24) is 0 Å². The molecule has 0 aliphatic carbocycles. The van der Waals surface area contributed by atoms with Gasteiger partial charge in [-0.15, -0.1) is 11.6 Å². The van der Waals surface area contributed by atoms with E-state index in [4.69, 9.17) is 16.3 Å². The highest BCUT2D eigenvalue weighted by Gasteiger charge is 2.24. The number of hydrogen-bond acceptors (Lipinski definition) is 4. The molecule has 0 saturated heterocycles. The van der Waals surface area contributed by atoms with Gasteiger partial charge in [-0.2, -0.15) is 0 Å². The molecule has 108 valence electrons. The first kappa shape index (κ1) is 16.0. The predicted molar refractivity (Wildman–Crippen MR) is 76.7 cm³/mol. The first-order valence-corrected chi connectivity index (χ1v) is 6.37. The number of carbonyl (C=O) groups is 2. The number of anilines is 1. The van der Waals surface area contributed by atoms with E-state index in [-0.39, 0.29) is 5.88 Å². The van der Waals surface area contributed by atoms with E-state index in [0.29, 0.717) is 11.3 Å². The maximum atomic E-state index is 11.8. The zero-order valence-corrected chi connectivity index (χ0v) is 12.1. The van der Waals surface area contributed by atoms with Crippen molar-refractivity contribution in [2.45, 2.75) is 18.9 Å². The summed E-state index contributed by atoms with van der Waals surface area (Å²) < 4.78 is 9.54. The van der Waals surface area contributed by atoms with Crippen LogP contribution in [0.25, 0.3) is 0 Å². The summed E-state index contributed by atoms with van der Waals surface area (Å²) in [6.45, 7) is 5.16. The minimum Gasteiger partial charge on any atom is -0.466 e. The number of methoxy groups -OCH3 is 1. The van der Waals surface area contributed by atoms with Crippen LogP contribution < -0.4 is 5.32 Å². The fourth-order valence-electron chi connectivity index (χ4n) is 1.46. The van der Waals surface area contributed by atoms with Crippen LogP contribution in [0.3, 0.4) is 0 Å². The highest BCUT2D eigenvalue weighted by Crippen LogP contribution is 2.18. The van der Waals surface area contributed by atoms with E-state index in [1.54, 1.807) is 31.2 Å². The summed E-state index contributed by atoms with van der Waals surface area (Å²) in [6, 6.07) is 7.02. The van der Waals surface area contributed by atoms with Crippen molar-refractivity contribution < 1.29 is 19.1 Å². The van der Waals surface area contributed by atoms with Gasteiger partial charge in [0.2, 0.25) is 6.10 Å². The molecule has 1 rings (SSSR count). The van der Waals surface area contributed by atoms with Crippen molar-refractivity contribution in [1.29, 1.82) is 0 Å². The Morgan fingerprint density at radius 1 is 1.40 bits per heavy atom. The molecule has 0 spiro atoms. The Morgan fingerprint density at radius 2 is 2.05 bits per heavy atom. The van der Waals surface area contributed by atoms with E-state index < -0.39 is 18.2 Å². The third kappa shape index (κ3) is 4.28. The molecule has 0 heterocycles. The van der Waals surface area contributed by atoms with Gasteiger partial charge in [0.25, 0.3) is 0 Å². The SMILES string of the molecule is C=C(C)C(OC(=O)Nc1ccccc1CCl)C(=O)OC. The molecule has 6 heteroatoms. The Labute approximate surface area is 122 Å². The van der Waals surface area contributed by atoms with Crippen LogP contribution in [-0.2, 0) is 20.1 Å². The van der Waals surface area contributed by atoms with E-state index in [1.165, 1.54) is 7.11 Å². The van der Waals surface area contributed by atoms with Gasteiger partial charge < -0.3 is 9.47 Å². The number of benzene rings is 1. The number of esters is 1. The first-order valence-electron chi connectivity index (χ1n) is 5.84. The monoisotopic (exact) mass is 297 g/mol. The van der Waals surface area contributed by atoms with Crippen molar-refractivity contribution in [3.63, 3.8) is 0 Å². The normalized spacial score (nSPS) is 11.3. The van der Waals surface area contributed by atoms with Crippen LogP contribution in [0, 0.1) is 0 Å². The number of alkyl halides is 1. The van der Waals surface area contributed by atoms with E-state index in [9.17, 15) is 9.59 Å². The summed E-state index contributed by atoms with van der Waals surface area (Å²) in [5.74, 6) is -0.435. The number of carbonyl (C=O) groups excluding carboxylic acids is 2. The van der Waals surface area contributed by atoms with E-state index in [2.05, 4.69) is 16.6 Å². The minimum atomic E-state index is -1.14. The highest BCUT2D eigenvalue weighted by atomic mass is 35.5. The average molecular weight is 298 g/mol. The molecule has 1 unspecified atom stereocenters. The molecule has 0 bridgehead atoms. The Morgan fingerprint density at radius 3 is 2.60 bits per heavy atom. The Kier molecular flexibility index (Phi) is 6.06. The van der Waals surface area contributed by atoms with Crippen LogP contribution in [0.4, 0.5) is 10.5 Å². The smallest absolute Gasteiger partial charge is 0.412 e. The van der Waals surface area contributed by atoms with Gasteiger partial charge in [-0.25, -0.2) is 9.59 Å². The largest absolute Gasteiger partial charge is 0.466 e. The van der Waals surface area contributed by atoms with Gasteiger partial charge in [0, 0.05) is 11.6 Å². The molecule has 20 heavy (non-hydrogen) atoms. The average Bonchev–Trinajstić information content (AvgIpc) is 2.44. The molecule has 0 aromatic heterocycles. The number of para-hydroxylation sites is 1. The molecule has 0 radical (unpaired) electrons. The van der Waals surface area contributed by atoms with Crippen LogP contribution in [0.1, 0.15) is 12.5 Å². The van der Waals surface area contributed by atoms with E-state index in [1.807, 2.05) is 0 Å². The molecule has 0 saturated carbocycles. The maximum Gasteiger partial charge on any atom is 0.412 e. The summed E-state index contributed by atoms with van der Waals surface area (Å²) in [6.07, 6.45) is -1.91. The number of rotatable bonds is 5. The van der Waals surface area contributed by atoms with E-state index in [0.717, 1.165) is 5.56 Å². The van der Waals surface area contributed by atoms with Gasteiger partial charge in [-0.05, 0) is 24.1 Å². The molecule has 0 aliphatic heterocycles. The number of halogens is 1. The van der Waals surface area contributed by atoms with Crippen LogP contribution in [0.15, 0.2) is 36.4 Å². The van der Waals surface area contributed by atoms with Gasteiger partial charge in [0.15, 0.2) is 0 Å². The lowest BCUT2D eigenvalue weighted by Crippen LogP contribution is -2.31. The third-order valence-electron chi connectivity index (χ3n) is 2.49. The summed E-state index contributed by atoms with van der Waals surface area (Å²) in [5, 5.41) is 2.53. The van der Waals surface area contributed by atoms with Crippen molar-refractivity contribution >= 4 is 29.4 Å². The van der Waals surface area contributed by atoms with Gasteiger partial charge in [0.05, 0.1) is 7.11 Å². The fraction of sp³-hybridized carbons (Fsp3) is 0.286. The van der Waals surface area contributed by atoms with Crippen LogP contribution in [0.5, 0.6) is 0 Å². The first-order chi connectivity index (χ1) is 9.49. The summed E-state index contributed by atoms with van der Waals surface area (Å²) in [7, 11) is 1.21. The van der Waals surface area contributed by atoms with Crippen molar-refractivity contribution in [2.75, 3.05) is 12.4 Å². The topological polar surface area (TPSA) is 64.6 Å². The minimum absolute atomic E-state index is 0.247. The van der Waals surface area contributed by atoms with Crippen LogP contribution in [0.2, 0.25) is 0 Å². The number of amides is 1. The lowest BCUT2D eigenvalue weighted by Gasteiger charge is -2.16. The molecular formula is C14H16ClNO4.